The number of sulfonamides is 1. The molecule has 2 aromatic rings. The summed E-state index contributed by atoms with van der Waals surface area (Å²) >= 11 is 5.85. The van der Waals surface area contributed by atoms with Crippen molar-refractivity contribution in [3.63, 3.8) is 0 Å². The molecule has 0 spiro atoms. The van der Waals surface area contributed by atoms with E-state index in [1.54, 1.807) is 12.1 Å². The first-order valence-electron chi connectivity index (χ1n) is 7.21. The first-order valence-corrected chi connectivity index (χ1v) is 9.07. The number of ether oxygens (including phenoxy) is 1. The van der Waals surface area contributed by atoms with Crippen LogP contribution in [0.5, 0.6) is 5.75 Å². The van der Waals surface area contributed by atoms with Crippen molar-refractivity contribution in [3.05, 3.63) is 53.3 Å². The fourth-order valence-corrected chi connectivity index (χ4v) is 3.56. The molecule has 25 heavy (non-hydrogen) atoms. The largest absolute Gasteiger partial charge is 0.494 e. The van der Waals surface area contributed by atoms with E-state index in [0.717, 1.165) is 6.07 Å². The minimum atomic E-state index is -3.81. The Bertz CT molecular complexity index is 874. The Kier molecular flexibility index (Phi) is 6.35. The van der Waals surface area contributed by atoms with Crippen LogP contribution in [0.15, 0.2) is 47.4 Å². The van der Waals surface area contributed by atoms with Gasteiger partial charge in [0.1, 0.15) is 4.90 Å². The summed E-state index contributed by atoms with van der Waals surface area (Å²) in [5.41, 5.74) is 0.247. The molecular weight excluding hydrogens is 371 g/mol. The van der Waals surface area contributed by atoms with Crippen LogP contribution in [0.1, 0.15) is 6.42 Å². The summed E-state index contributed by atoms with van der Waals surface area (Å²) in [6, 6.07) is 9.96. The zero-order valence-corrected chi connectivity index (χ0v) is 14.8. The number of carbonyl (C=O) groups is 1. The third kappa shape index (κ3) is 5.15. The quantitative estimate of drug-likeness (QED) is 0.766. The molecule has 0 heterocycles. The smallest absolute Gasteiger partial charge is 0.242 e. The highest BCUT2D eigenvalue weighted by molar-refractivity contribution is 7.89. The van der Waals surface area contributed by atoms with Gasteiger partial charge in [-0.25, -0.2) is 17.5 Å². The third-order valence-electron chi connectivity index (χ3n) is 3.21. The summed E-state index contributed by atoms with van der Waals surface area (Å²) in [4.78, 5) is 11.8. The topological polar surface area (TPSA) is 84.5 Å². The number of carbonyl (C=O) groups excluding carboxylic acids is 1. The molecule has 0 aliphatic carbocycles. The van der Waals surface area contributed by atoms with Gasteiger partial charge in [0.15, 0.2) is 11.6 Å². The minimum Gasteiger partial charge on any atom is -0.494 e. The lowest BCUT2D eigenvalue weighted by Crippen LogP contribution is -2.28. The Morgan fingerprint density at radius 3 is 2.60 bits per heavy atom. The van der Waals surface area contributed by atoms with E-state index in [1.165, 1.54) is 31.4 Å². The highest BCUT2D eigenvalue weighted by Gasteiger charge is 2.17. The van der Waals surface area contributed by atoms with E-state index in [4.69, 9.17) is 16.3 Å². The van der Waals surface area contributed by atoms with Crippen molar-refractivity contribution in [1.29, 1.82) is 0 Å². The van der Waals surface area contributed by atoms with Crippen molar-refractivity contribution in [2.75, 3.05) is 19.0 Å². The van der Waals surface area contributed by atoms with Gasteiger partial charge in [-0.15, -0.1) is 0 Å². The van der Waals surface area contributed by atoms with Gasteiger partial charge in [0.2, 0.25) is 15.9 Å². The zero-order valence-electron chi connectivity index (χ0n) is 13.3. The van der Waals surface area contributed by atoms with Crippen LogP contribution in [0.2, 0.25) is 5.02 Å². The molecule has 0 atom stereocenters. The van der Waals surface area contributed by atoms with E-state index in [9.17, 15) is 17.6 Å². The number of amides is 1. The maximum atomic E-state index is 13.6. The monoisotopic (exact) mass is 386 g/mol. The number of rotatable bonds is 7. The van der Waals surface area contributed by atoms with Crippen LogP contribution >= 0.6 is 11.6 Å². The molecule has 0 aliphatic rings. The highest BCUT2D eigenvalue weighted by Crippen LogP contribution is 2.21. The fourth-order valence-electron chi connectivity index (χ4n) is 2.01. The molecule has 0 fully saturated rings. The number of hydrogen-bond donors (Lipinski definition) is 2. The maximum absolute atomic E-state index is 13.6. The molecule has 0 aliphatic heterocycles. The molecule has 9 heteroatoms. The summed E-state index contributed by atoms with van der Waals surface area (Å²) in [5.74, 6) is -1.02. The summed E-state index contributed by atoms with van der Waals surface area (Å²) < 4.78 is 44.9. The van der Waals surface area contributed by atoms with Crippen LogP contribution in [-0.4, -0.2) is 28.0 Å². The van der Waals surface area contributed by atoms with Crippen LogP contribution in [0.25, 0.3) is 0 Å². The second-order valence-electron chi connectivity index (χ2n) is 4.98. The molecule has 0 aromatic heterocycles. The van der Waals surface area contributed by atoms with Crippen molar-refractivity contribution in [1.82, 2.24) is 4.72 Å². The highest BCUT2D eigenvalue weighted by atomic mass is 35.5. The van der Waals surface area contributed by atoms with Gasteiger partial charge in [0.25, 0.3) is 0 Å². The normalized spacial score (nSPS) is 11.2. The van der Waals surface area contributed by atoms with Gasteiger partial charge >= 0.3 is 0 Å². The van der Waals surface area contributed by atoms with E-state index < -0.39 is 21.7 Å². The molecule has 2 rings (SSSR count). The Hall–Kier alpha value is -2.16. The molecule has 0 bridgehead atoms. The number of anilines is 1. The number of halogens is 2. The molecule has 0 radical (unpaired) electrons. The molecular formula is C16H16ClFN2O4S. The number of nitrogens with one attached hydrogen (secondary N) is 2. The van der Waals surface area contributed by atoms with Gasteiger partial charge in [0.05, 0.1) is 12.1 Å². The lowest BCUT2D eigenvalue weighted by atomic mass is 10.2. The fraction of sp³-hybridized carbons (Fsp3) is 0.188. The van der Waals surface area contributed by atoms with Crippen molar-refractivity contribution in [2.45, 2.75) is 11.3 Å². The standard InChI is InChI=1S/C16H16ClFN2O4S/c1-24-14-7-6-11(10-13(14)18)20-16(21)8-9-19-25(22,23)15-5-3-2-4-12(15)17/h2-7,10,19H,8-9H2,1H3,(H,20,21). The molecule has 1 amide bonds. The van der Waals surface area contributed by atoms with E-state index >= 15 is 0 Å². The van der Waals surface area contributed by atoms with Gasteiger partial charge in [-0.3, -0.25) is 4.79 Å². The van der Waals surface area contributed by atoms with Gasteiger partial charge < -0.3 is 10.1 Å². The van der Waals surface area contributed by atoms with Crippen molar-refractivity contribution in [3.8, 4) is 5.75 Å². The summed E-state index contributed by atoms with van der Waals surface area (Å²) in [7, 11) is -2.48. The first-order chi connectivity index (χ1) is 11.8. The molecule has 6 nitrogen and oxygen atoms in total. The van der Waals surface area contributed by atoms with E-state index in [2.05, 4.69) is 10.0 Å². The summed E-state index contributed by atoms with van der Waals surface area (Å²) in [5, 5.41) is 2.57. The Morgan fingerprint density at radius 2 is 1.96 bits per heavy atom. The van der Waals surface area contributed by atoms with Crippen LogP contribution in [0.3, 0.4) is 0 Å². The number of benzene rings is 2. The Morgan fingerprint density at radius 1 is 1.24 bits per heavy atom. The number of hydrogen-bond acceptors (Lipinski definition) is 4. The molecule has 0 saturated heterocycles. The van der Waals surface area contributed by atoms with Crippen LogP contribution in [-0.2, 0) is 14.8 Å². The second-order valence-corrected chi connectivity index (χ2v) is 7.12. The number of methoxy groups -OCH3 is 1. The van der Waals surface area contributed by atoms with Gasteiger partial charge in [-0.1, -0.05) is 23.7 Å². The van der Waals surface area contributed by atoms with Gasteiger partial charge in [0, 0.05) is 24.7 Å². The SMILES string of the molecule is COc1ccc(NC(=O)CCNS(=O)(=O)c2ccccc2Cl)cc1F. The van der Waals surface area contributed by atoms with E-state index in [1.807, 2.05) is 0 Å². The van der Waals surface area contributed by atoms with E-state index in [-0.39, 0.29) is 34.3 Å². The lowest BCUT2D eigenvalue weighted by Gasteiger charge is -2.09. The van der Waals surface area contributed by atoms with Crippen LogP contribution in [0.4, 0.5) is 10.1 Å². The summed E-state index contributed by atoms with van der Waals surface area (Å²) in [6.07, 6.45) is -0.128. The van der Waals surface area contributed by atoms with Crippen LogP contribution < -0.4 is 14.8 Å². The molecule has 0 unspecified atom stereocenters. The average molecular weight is 387 g/mol. The van der Waals surface area contributed by atoms with Crippen LogP contribution in [0, 0.1) is 5.82 Å². The second kappa shape index (κ2) is 8.28. The van der Waals surface area contributed by atoms with Gasteiger partial charge in [-0.05, 0) is 24.3 Å². The molecule has 0 saturated carbocycles. The molecule has 2 aromatic carbocycles. The Balaban J connectivity index is 1.90. The Labute approximate surface area is 150 Å². The molecule has 134 valence electrons. The first kappa shape index (κ1) is 19.2. The minimum absolute atomic E-state index is 0.0606. The third-order valence-corrected chi connectivity index (χ3v) is 5.17. The molecule has 2 N–H and O–H groups in total. The lowest BCUT2D eigenvalue weighted by molar-refractivity contribution is -0.116. The van der Waals surface area contributed by atoms with Gasteiger partial charge in [-0.2, -0.15) is 0 Å². The predicted molar refractivity (Wildman–Crippen MR) is 92.8 cm³/mol. The van der Waals surface area contributed by atoms with Crippen molar-refractivity contribution < 1.29 is 22.3 Å². The van der Waals surface area contributed by atoms with Crippen molar-refractivity contribution in [2.24, 2.45) is 0 Å². The average Bonchev–Trinajstić information content (AvgIpc) is 2.55. The van der Waals surface area contributed by atoms with Crippen molar-refractivity contribution >= 4 is 33.2 Å². The predicted octanol–water partition coefficient (Wildman–Crippen LogP) is 2.79. The van der Waals surface area contributed by atoms with E-state index in [0.29, 0.717) is 0 Å². The zero-order chi connectivity index (χ0) is 18.4. The maximum Gasteiger partial charge on any atom is 0.242 e. The summed E-state index contributed by atoms with van der Waals surface area (Å²) in [6.45, 7) is -0.127.